The summed E-state index contributed by atoms with van der Waals surface area (Å²) in [5.74, 6) is -0.732. The molecule has 17 heavy (non-hydrogen) atoms. The van der Waals surface area contributed by atoms with Gasteiger partial charge in [0.05, 0.1) is 25.2 Å². The number of hydrogen-bond acceptors (Lipinski definition) is 4. The van der Waals surface area contributed by atoms with E-state index in [9.17, 15) is 12.8 Å². The van der Waals surface area contributed by atoms with Crippen LogP contribution in [0, 0.1) is 5.82 Å². The molecule has 96 valence electrons. The topological polar surface area (TPSA) is 52.6 Å². The molecular weight excluding hydrogens is 247 g/mol. The van der Waals surface area contributed by atoms with Crippen molar-refractivity contribution in [3.8, 4) is 5.75 Å². The predicted octanol–water partition coefficient (Wildman–Crippen LogP) is 1.40. The SMILES string of the molecule is COCCS(=O)(=O)Cc1ccc(OC)c(F)c1. The summed E-state index contributed by atoms with van der Waals surface area (Å²) in [5.41, 5.74) is 0.402. The van der Waals surface area contributed by atoms with Gasteiger partial charge in [-0.15, -0.1) is 0 Å². The number of ether oxygens (including phenoxy) is 2. The van der Waals surface area contributed by atoms with E-state index < -0.39 is 15.7 Å². The molecule has 0 atom stereocenters. The van der Waals surface area contributed by atoms with Crippen molar-refractivity contribution in [1.82, 2.24) is 0 Å². The average molecular weight is 262 g/mol. The van der Waals surface area contributed by atoms with Gasteiger partial charge in [-0.3, -0.25) is 0 Å². The lowest BCUT2D eigenvalue weighted by atomic mass is 10.2. The summed E-state index contributed by atoms with van der Waals surface area (Å²) >= 11 is 0. The second-order valence-corrected chi connectivity index (χ2v) is 5.74. The van der Waals surface area contributed by atoms with Crippen molar-refractivity contribution in [3.63, 3.8) is 0 Å². The number of rotatable bonds is 6. The molecule has 1 rings (SSSR count). The van der Waals surface area contributed by atoms with Crippen LogP contribution in [-0.4, -0.2) is 35.0 Å². The smallest absolute Gasteiger partial charge is 0.165 e. The van der Waals surface area contributed by atoms with E-state index in [-0.39, 0.29) is 23.9 Å². The van der Waals surface area contributed by atoms with Gasteiger partial charge in [0.15, 0.2) is 21.4 Å². The third-order valence-electron chi connectivity index (χ3n) is 2.20. The van der Waals surface area contributed by atoms with E-state index in [0.717, 1.165) is 0 Å². The maximum absolute atomic E-state index is 13.3. The first-order valence-corrected chi connectivity index (χ1v) is 6.82. The highest BCUT2D eigenvalue weighted by molar-refractivity contribution is 7.90. The molecule has 0 aliphatic rings. The van der Waals surface area contributed by atoms with E-state index in [0.29, 0.717) is 5.56 Å². The molecule has 1 aromatic carbocycles. The lowest BCUT2D eigenvalue weighted by Crippen LogP contribution is -2.13. The van der Waals surface area contributed by atoms with Crippen molar-refractivity contribution >= 4 is 9.84 Å². The molecule has 6 heteroatoms. The first-order chi connectivity index (χ1) is 7.98. The second kappa shape index (κ2) is 5.97. The van der Waals surface area contributed by atoms with Crippen LogP contribution in [0.4, 0.5) is 4.39 Å². The molecule has 0 saturated heterocycles. The summed E-state index contributed by atoms with van der Waals surface area (Å²) in [5, 5.41) is 0. The Hall–Kier alpha value is -1.14. The van der Waals surface area contributed by atoms with Gasteiger partial charge in [0.1, 0.15) is 0 Å². The Kier molecular flexibility index (Phi) is 4.89. The van der Waals surface area contributed by atoms with Crippen molar-refractivity contribution in [2.45, 2.75) is 5.75 Å². The number of methoxy groups -OCH3 is 2. The minimum Gasteiger partial charge on any atom is -0.494 e. The van der Waals surface area contributed by atoms with Crippen LogP contribution >= 0.6 is 0 Å². The maximum Gasteiger partial charge on any atom is 0.165 e. The van der Waals surface area contributed by atoms with Gasteiger partial charge in [-0.1, -0.05) is 6.07 Å². The highest BCUT2D eigenvalue weighted by Gasteiger charge is 2.13. The molecule has 0 amide bonds. The second-order valence-electron chi connectivity index (χ2n) is 3.55. The quantitative estimate of drug-likeness (QED) is 0.777. The summed E-state index contributed by atoms with van der Waals surface area (Å²) in [6.45, 7) is 0.140. The van der Waals surface area contributed by atoms with Crippen molar-refractivity contribution in [2.75, 3.05) is 26.6 Å². The molecule has 0 spiro atoms. The van der Waals surface area contributed by atoms with Crippen molar-refractivity contribution in [2.24, 2.45) is 0 Å². The third-order valence-corrected chi connectivity index (χ3v) is 3.76. The standard InChI is InChI=1S/C11H15FO4S/c1-15-5-6-17(13,14)8-9-3-4-11(16-2)10(12)7-9/h3-4,7H,5-6,8H2,1-2H3. The van der Waals surface area contributed by atoms with Crippen LogP contribution in [0.1, 0.15) is 5.56 Å². The van der Waals surface area contributed by atoms with Crippen LogP contribution in [0.5, 0.6) is 5.75 Å². The van der Waals surface area contributed by atoms with Crippen LogP contribution in [0.2, 0.25) is 0 Å². The summed E-state index contributed by atoms with van der Waals surface area (Å²) < 4.78 is 46.0. The van der Waals surface area contributed by atoms with E-state index in [4.69, 9.17) is 9.47 Å². The van der Waals surface area contributed by atoms with E-state index in [1.54, 1.807) is 0 Å². The molecule has 0 saturated carbocycles. The predicted molar refractivity (Wildman–Crippen MR) is 62.3 cm³/mol. The normalized spacial score (nSPS) is 11.5. The summed E-state index contributed by atoms with van der Waals surface area (Å²) in [6.07, 6.45) is 0. The van der Waals surface area contributed by atoms with Crippen LogP contribution in [0.25, 0.3) is 0 Å². The number of hydrogen-bond donors (Lipinski definition) is 0. The van der Waals surface area contributed by atoms with Crippen molar-refractivity contribution in [1.29, 1.82) is 0 Å². The molecule has 0 unspecified atom stereocenters. The van der Waals surface area contributed by atoms with E-state index in [1.807, 2.05) is 0 Å². The molecule has 4 nitrogen and oxygen atoms in total. The average Bonchev–Trinajstić information content (AvgIpc) is 2.26. The molecule has 0 aromatic heterocycles. The van der Waals surface area contributed by atoms with Crippen LogP contribution in [-0.2, 0) is 20.3 Å². The molecule has 0 aliphatic heterocycles. The summed E-state index contributed by atoms with van der Waals surface area (Å²) in [7, 11) is -0.478. The van der Waals surface area contributed by atoms with Gasteiger partial charge < -0.3 is 9.47 Å². The fourth-order valence-corrected chi connectivity index (χ4v) is 2.59. The molecule has 0 fully saturated rings. The third kappa shape index (κ3) is 4.32. The largest absolute Gasteiger partial charge is 0.494 e. The highest BCUT2D eigenvalue weighted by Crippen LogP contribution is 2.19. The molecular formula is C11H15FO4S. The zero-order valence-corrected chi connectivity index (χ0v) is 10.6. The lowest BCUT2D eigenvalue weighted by molar-refractivity contribution is 0.217. The molecule has 0 heterocycles. The monoisotopic (exact) mass is 262 g/mol. The summed E-state index contributed by atoms with van der Waals surface area (Å²) in [6, 6.07) is 4.12. The first kappa shape index (κ1) is 13.9. The minimum atomic E-state index is -3.27. The molecule has 0 N–H and O–H groups in total. The highest BCUT2D eigenvalue weighted by atomic mass is 32.2. The van der Waals surface area contributed by atoms with Gasteiger partial charge in [-0.05, 0) is 17.7 Å². The maximum atomic E-state index is 13.3. The molecule has 0 bridgehead atoms. The first-order valence-electron chi connectivity index (χ1n) is 5.00. The van der Waals surface area contributed by atoms with Crippen molar-refractivity contribution in [3.05, 3.63) is 29.6 Å². The van der Waals surface area contributed by atoms with Gasteiger partial charge in [0.2, 0.25) is 0 Å². The fourth-order valence-electron chi connectivity index (χ4n) is 1.34. The van der Waals surface area contributed by atoms with E-state index in [2.05, 4.69) is 0 Å². The Morgan fingerprint density at radius 3 is 2.53 bits per heavy atom. The Bertz CT molecular complexity index is 470. The van der Waals surface area contributed by atoms with E-state index in [1.165, 1.54) is 32.4 Å². The Labute approximate surface area is 100 Å². The summed E-state index contributed by atoms with van der Waals surface area (Å²) in [4.78, 5) is 0. The lowest BCUT2D eigenvalue weighted by Gasteiger charge is -2.06. The Balaban J connectivity index is 2.78. The Morgan fingerprint density at radius 2 is 2.00 bits per heavy atom. The zero-order chi connectivity index (χ0) is 12.9. The van der Waals surface area contributed by atoms with Gasteiger partial charge in [0, 0.05) is 7.11 Å². The fraction of sp³-hybridized carbons (Fsp3) is 0.455. The van der Waals surface area contributed by atoms with Crippen LogP contribution in [0.15, 0.2) is 18.2 Å². The van der Waals surface area contributed by atoms with Gasteiger partial charge >= 0.3 is 0 Å². The number of benzene rings is 1. The molecule has 0 radical (unpaired) electrons. The van der Waals surface area contributed by atoms with Crippen LogP contribution < -0.4 is 4.74 Å². The van der Waals surface area contributed by atoms with Gasteiger partial charge in [-0.25, -0.2) is 12.8 Å². The van der Waals surface area contributed by atoms with Crippen LogP contribution in [0.3, 0.4) is 0 Å². The number of sulfone groups is 1. The van der Waals surface area contributed by atoms with E-state index >= 15 is 0 Å². The molecule has 1 aromatic rings. The van der Waals surface area contributed by atoms with Gasteiger partial charge in [-0.2, -0.15) is 0 Å². The minimum absolute atomic E-state index is 0.0723. The Morgan fingerprint density at radius 1 is 1.29 bits per heavy atom. The van der Waals surface area contributed by atoms with Gasteiger partial charge in [0.25, 0.3) is 0 Å². The van der Waals surface area contributed by atoms with Crippen molar-refractivity contribution < 1.29 is 22.3 Å². The number of halogens is 1. The molecule has 0 aliphatic carbocycles. The zero-order valence-electron chi connectivity index (χ0n) is 9.77.